The number of nitrogens with zero attached hydrogens (tertiary/aromatic N) is 2. The van der Waals surface area contributed by atoms with Crippen LogP contribution in [-0.4, -0.2) is 15.8 Å². The summed E-state index contributed by atoms with van der Waals surface area (Å²) in [6.45, 7) is 14.4. The molecule has 0 radical (unpaired) electrons. The highest BCUT2D eigenvalue weighted by molar-refractivity contribution is 5.23. The van der Waals surface area contributed by atoms with Gasteiger partial charge < -0.3 is 5.32 Å². The van der Waals surface area contributed by atoms with Gasteiger partial charge in [-0.25, -0.2) is 0 Å². The Labute approximate surface area is 112 Å². The average Bonchev–Trinajstić information content (AvgIpc) is 2.55. The summed E-state index contributed by atoms with van der Waals surface area (Å²) >= 11 is 0. The van der Waals surface area contributed by atoms with Gasteiger partial charge >= 0.3 is 0 Å². The Morgan fingerprint density at radius 3 is 2.39 bits per heavy atom. The molecule has 1 rings (SSSR count). The maximum Gasteiger partial charge on any atom is 0.0722 e. The van der Waals surface area contributed by atoms with E-state index in [1.54, 1.807) is 0 Å². The highest BCUT2D eigenvalue weighted by Crippen LogP contribution is 2.24. The van der Waals surface area contributed by atoms with Crippen LogP contribution < -0.4 is 5.32 Å². The largest absolute Gasteiger partial charge is 0.310 e. The molecule has 18 heavy (non-hydrogen) atoms. The molecule has 0 saturated carbocycles. The van der Waals surface area contributed by atoms with Crippen LogP contribution in [0, 0.1) is 5.92 Å². The lowest BCUT2D eigenvalue weighted by atomic mass is 9.89. The molecule has 0 saturated heterocycles. The van der Waals surface area contributed by atoms with E-state index in [4.69, 9.17) is 0 Å². The van der Waals surface area contributed by atoms with Crippen LogP contribution in [0.15, 0.2) is 6.20 Å². The molecule has 3 nitrogen and oxygen atoms in total. The van der Waals surface area contributed by atoms with Gasteiger partial charge in [-0.15, -0.1) is 0 Å². The summed E-state index contributed by atoms with van der Waals surface area (Å²) in [4.78, 5) is 0. The van der Waals surface area contributed by atoms with Crippen LogP contribution in [0.5, 0.6) is 0 Å². The first-order valence-electron chi connectivity index (χ1n) is 6.96. The molecule has 0 aliphatic carbocycles. The fourth-order valence-electron chi connectivity index (χ4n) is 2.37. The van der Waals surface area contributed by atoms with Crippen LogP contribution in [0.3, 0.4) is 0 Å². The maximum atomic E-state index is 4.60. The molecule has 1 N–H and O–H groups in total. The van der Waals surface area contributed by atoms with E-state index in [-0.39, 0.29) is 5.41 Å². The van der Waals surface area contributed by atoms with Crippen molar-refractivity contribution < 1.29 is 0 Å². The second-order valence-electron chi connectivity index (χ2n) is 6.84. The Bertz CT molecular complexity index is 372. The Hall–Kier alpha value is -0.830. The van der Waals surface area contributed by atoms with E-state index in [1.807, 2.05) is 11.7 Å². The lowest BCUT2D eigenvalue weighted by molar-refractivity contribution is 0.438. The Balaban J connectivity index is 2.68. The lowest BCUT2D eigenvalue weighted by Gasteiger charge is -2.20. The molecule has 0 amide bonds. The number of hydrogen-bond donors (Lipinski definition) is 1. The van der Waals surface area contributed by atoms with E-state index in [9.17, 15) is 0 Å². The van der Waals surface area contributed by atoms with E-state index in [0.29, 0.717) is 6.04 Å². The van der Waals surface area contributed by atoms with Gasteiger partial charge in [-0.3, -0.25) is 4.68 Å². The van der Waals surface area contributed by atoms with Crippen molar-refractivity contribution in [3.8, 4) is 0 Å². The van der Waals surface area contributed by atoms with E-state index >= 15 is 0 Å². The highest BCUT2D eigenvalue weighted by Gasteiger charge is 2.21. The molecule has 3 heteroatoms. The van der Waals surface area contributed by atoms with Gasteiger partial charge in [0.15, 0.2) is 0 Å². The fraction of sp³-hybridized carbons (Fsp3) is 0.800. The minimum atomic E-state index is 0.111. The minimum absolute atomic E-state index is 0.111. The van der Waals surface area contributed by atoms with Crippen molar-refractivity contribution in [3.63, 3.8) is 0 Å². The van der Waals surface area contributed by atoms with Gasteiger partial charge in [0.2, 0.25) is 0 Å². The average molecular weight is 251 g/mol. The molecule has 1 heterocycles. The van der Waals surface area contributed by atoms with Crippen LogP contribution in [0.25, 0.3) is 0 Å². The van der Waals surface area contributed by atoms with Crippen molar-refractivity contribution in [3.05, 3.63) is 17.5 Å². The predicted molar refractivity (Wildman–Crippen MR) is 77.7 cm³/mol. The third-order valence-electron chi connectivity index (χ3n) is 3.08. The Morgan fingerprint density at radius 2 is 1.89 bits per heavy atom. The van der Waals surface area contributed by atoms with Crippen molar-refractivity contribution in [2.75, 3.05) is 0 Å². The van der Waals surface area contributed by atoms with E-state index in [1.165, 1.54) is 17.7 Å². The first kappa shape index (κ1) is 15.2. The summed E-state index contributed by atoms with van der Waals surface area (Å²) in [5.74, 6) is 0.739. The van der Waals surface area contributed by atoms with Crippen LogP contribution >= 0.6 is 0 Å². The molecule has 0 bridgehead atoms. The summed E-state index contributed by atoms with van der Waals surface area (Å²) in [6.07, 6.45) is 3.35. The third-order valence-corrected chi connectivity index (χ3v) is 3.08. The third kappa shape index (κ3) is 4.45. The second-order valence-corrected chi connectivity index (χ2v) is 6.84. The molecule has 104 valence electrons. The van der Waals surface area contributed by atoms with Crippen molar-refractivity contribution >= 4 is 0 Å². The van der Waals surface area contributed by atoms with Crippen molar-refractivity contribution in [1.29, 1.82) is 0 Å². The topological polar surface area (TPSA) is 29.9 Å². The summed E-state index contributed by atoms with van der Waals surface area (Å²) in [7, 11) is 2.00. The van der Waals surface area contributed by atoms with Crippen molar-refractivity contribution in [2.24, 2.45) is 13.0 Å². The molecule has 1 unspecified atom stereocenters. The maximum absolute atomic E-state index is 4.60. The van der Waals surface area contributed by atoms with Crippen LogP contribution in [-0.2, 0) is 19.0 Å². The standard InChI is InChI=1S/C15H29N3/c1-11(2)8-12(3)16-9-13-10-18(7)17-14(13)15(4,5)6/h10-12,16H,8-9H2,1-7H3. The monoisotopic (exact) mass is 251 g/mol. The summed E-state index contributed by atoms with van der Waals surface area (Å²) in [6, 6.07) is 0.554. The zero-order chi connectivity index (χ0) is 13.9. The van der Waals surface area contributed by atoms with Gasteiger partial charge in [-0.1, -0.05) is 34.6 Å². The molecule has 0 aliphatic heterocycles. The van der Waals surface area contributed by atoms with Gasteiger partial charge in [0.05, 0.1) is 5.69 Å². The van der Waals surface area contributed by atoms with Crippen LogP contribution in [0.4, 0.5) is 0 Å². The molecule has 0 aliphatic rings. The smallest absolute Gasteiger partial charge is 0.0722 e. The van der Waals surface area contributed by atoms with Gasteiger partial charge in [-0.05, 0) is 19.3 Å². The van der Waals surface area contributed by atoms with Crippen molar-refractivity contribution in [1.82, 2.24) is 15.1 Å². The molecular formula is C15H29N3. The highest BCUT2D eigenvalue weighted by atomic mass is 15.3. The zero-order valence-electron chi connectivity index (χ0n) is 13.0. The van der Waals surface area contributed by atoms with Gasteiger partial charge in [0, 0.05) is 36.8 Å². The molecule has 0 aromatic carbocycles. The van der Waals surface area contributed by atoms with E-state index in [0.717, 1.165) is 12.5 Å². The van der Waals surface area contributed by atoms with Crippen molar-refractivity contribution in [2.45, 2.75) is 66.0 Å². The molecule has 1 atom stereocenters. The first-order chi connectivity index (χ1) is 8.20. The minimum Gasteiger partial charge on any atom is -0.310 e. The summed E-state index contributed by atoms with van der Waals surface area (Å²) < 4.78 is 1.92. The number of aromatic nitrogens is 2. The molecule has 1 aromatic heterocycles. The van der Waals surface area contributed by atoms with Gasteiger partial charge in [0.25, 0.3) is 0 Å². The predicted octanol–water partition coefficient (Wildman–Crippen LogP) is 3.24. The van der Waals surface area contributed by atoms with Crippen LogP contribution in [0.2, 0.25) is 0 Å². The Kier molecular flexibility index (Phi) is 4.97. The number of nitrogens with one attached hydrogen (secondary N) is 1. The Morgan fingerprint density at radius 1 is 1.28 bits per heavy atom. The zero-order valence-corrected chi connectivity index (χ0v) is 13.0. The fourth-order valence-corrected chi connectivity index (χ4v) is 2.37. The quantitative estimate of drug-likeness (QED) is 0.870. The molecular weight excluding hydrogens is 222 g/mol. The van der Waals surface area contributed by atoms with Gasteiger partial charge in [-0.2, -0.15) is 5.10 Å². The molecule has 1 aromatic rings. The van der Waals surface area contributed by atoms with Gasteiger partial charge in [0.1, 0.15) is 0 Å². The molecule has 0 spiro atoms. The van der Waals surface area contributed by atoms with E-state index < -0.39 is 0 Å². The van der Waals surface area contributed by atoms with E-state index in [2.05, 4.69) is 58.2 Å². The lowest BCUT2D eigenvalue weighted by Crippen LogP contribution is -2.28. The number of rotatable bonds is 5. The molecule has 0 fully saturated rings. The van der Waals surface area contributed by atoms with Crippen LogP contribution in [0.1, 0.15) is 59.2 Å². The summed E-state index contributed by atoms with van der Waals surface area (Å²) in [5.41, 5.74) is 2.63. The SMILES string of the molecule is CC(C)CC(C)NCc1cn(C)nc1C(C)(C)C. The first-order valence-corrected chi connectivity index (χ1v) is 6.96. The number of aryl methyl sites for hydroxylation is 1. The number of hydrogen-bond acceptors (Lipinski definition) is 2. The normalized spacial score (nSPS) is 14.2. The summed E-state index contributed by atoms with van der Waals surface area (Å²) in [5, 5.41) is 8.20. The second kappa shape index (κ2) is 5.87.